The van der Waals surface area contributed by atoms with Crippen LogP contribution in [0.4, 0.5) is 4.39 Å². The first-order valence-electron chi connectivity index (χ1n) is 5.01. The summed E-state index contributed by atoms with van der Waals surface area (Å²) in [6.45, 7) is 0. The fourth-order valence-corrected chi connectivity index (χ4v) is 2.40. The molecule has 0 aromatic heterocycles. The zero-order valence-electron chi connectivity index (χ0n) is 7.83. The molecule has 0 bridgehead atoms. The second-order valence-electron chi connectivity index (χ2n) is 3.97. The topological polar surface area (TPSA) is 0 Å². The zero-order chi connectivity index (χ0) is 9.54. The van der Waals surface area contributed by atoms with Gasteiger partial charge in [-0.3, -0.25) is 0 Å². The Labute approximate surface area is 82.8 Å². The lowest BCUT2D eigenvalue weighted by molar-refractivity contribution is 0.615. The summed E-state index contributed by atoms with van der Waals surface area (Å²) in [5, 5.41) is 0. The summed E-state index contributed by atoms with van der Waals surface area (Å²) >= 11 is 0. The maximum atomic E-state index is 14.0. The van der Waals surface area contributed by atoms with Crippen LogP contribution in [0.1, 0.15) is 17.5 Å². The van der Waals surface area contributed by atoms with Crippen LogP contribution in [-0.4, -0.2) is 0 Å². The van der Waals surface area contributed by atoms with Crippen LogP contribution in [0.2, 0.25) is 0 Å². The van der Waals surface area contributed by atoms with Crippen molar-refractivity contribution < 1.29 is 4.39 Å². The molecule has 70 valence electrons. The number of benzene rings is 1. The van der Waals surface area contributed by atoms with Crippen LogP contribution in [0.25, 0.3) is 5.83 Å². The van der Waals surface area contributed by atoms with Crippen molar-refractivity contribution in [2.75, 3.05) is 0 Å². The van der Waals surface area contributed by atoms with Crippen molar-refractivity contribution in [2.45, 2.75) is 12.8 Å². The van der Waals surface area contributed by atoms with Crippen LogP contribution >= 0.6 is 0 Å². The molecule has 0 spiro atoms. The Hall–Kier alpha value is -1.37. The standard InChI is InChI=1S/C13H11F/c14-13-11-6-2-1-4-9(11)8-10-5-3-7-12(10)13/h1-4,6-7,10H,5,8H2. The highest BCUT2D eigenvalue weighted by molar-refractivity contribution is 5.71. The summed E-state index contributed by atoms with van der Waals surface area (Å²) in [6, 6.07) is 7.79. The monoisotopic (exact) mass is 186 g/mol. The van der Waals surface area contributed by atoms with Crippen molar-refractivity contribution in [1.29, 1.82) is 0 Å². The fourth-order valence-electron chi connectivity index (χ4n) is 2.40. The van der Waals surface area contributed by atoms with E-state index in [1.54, 1.807) is 0 Å². The Balaban J connectivity index is 2.22. The van der Waals surface area contributed by atoms with Crippen LogP contribution in [-0.2, 0) is 6.42 Å². The second kappa shape index (κ2) is 2.81. The molecule has 1 aromatic carbocycles. The summed E-state index contributed by atoms with van der Waals surface area (Å²) in [5.41, 5.74) is 2.86. The smallest absolute Gasteiger partial charge is 0.134 e. The summed E-state index contributed by atoms with van der Waals surface area (Å²) in [7, 11) is 0. The van der Waals surface area contributed by atoms with Gasteiger partial charge in [0.25, 0.3) is 0 Å². The quantitative estimate of drug-likeness (QED) is 0.581. The molecule has 0 radical (unpaired) electrons. The third-order valence-corrected chi connectivity index (χ3v) is 3.13. The van der Waals surface area contributed by atoms with Crippen LogP contribution in [0.3, 0.4) is 0 Å². The molecule has 0 aliphatic heterocycles. The number of hydrogen-bond donors (Lipinski definition) is 0. The molecule has 1 aromatic rings. The van der Waals surface area contributed by atoms with Crippen LogP contribution in [0.5, 0.6) is 0 Å². The Morgan fingerprint density at radius 3 is 3.00 bits per heavy atom. The first-order chi connectivity index (χ1) is 6.86. The molecule has 1 heteroatoms. The van der Waals surface area contributed by atoms with Crippen molar-refractivity contribution >= 4 is 5.83 Å². The van der Waals surface area contributed by atoms with Crippen molar-refractivity contribution in [3.05, 3.63) is 53.1 Å². The third kappa shape index (κ3) is 0.985. The van der Waals surface area contributed by atoms with Crippen molar-refractivity contribution in [1.82, 2.24) is 0 Å². The minimum absolute atomic E-state index is 0.00870. The lowest BCUT2D eigenvalue weighted by Gasteiger charge is -2.21. The van der Waals surface area contributed by atoms with E-state index in [2.05, 4.69) is 6.08 Å². The van der Waals surface area contributed by atoms with Crippen LogP contribution in [0.15, 0.2) is 42.0 Å². The van der Waals surface area contributed by atoms with Gasteiger partial charge in [0, 0.05) is 5.56 Å². The molecule has 2 aliphatic carbocycles. The van der Waals surface area contributed by atoms with Gasteiger partial charge < -0.3 is 0 Å². The molecule has 1 atom stereocenters. The van der Waals surface area contributed by atoms with Gasteiger partial charge in [0.15, 0.2) is 0 Å². The normalized spacial score (nSPS) is 23.6. The Morgan fingerprint density at radius 1 is 1.21 bits per heavy atom. The summed E-state index contributed by atoms with van der Waals surface area (Å²) in [5.74, 6) is 0.385. The molecule has 0 saturated heterocycles. The number of halogens is 1. The van der Waals surface area contributed by atoms with Gasteiger partial charge in [0.2, 0.25) is 0 Å². The predicted molar refractivity (Wildman–Crippen MR) is 55.4 cm³/mol. The average Bonchev–Trinajstić information content (AvgIpc) is 2.66. The molecule has 2 aliphatic rings. The van der Waals surface area contributed by atoms with E-state index in [4.69, 9.17) is 0 Å². The van der Waals surface area contributed by atoms with Gasteiger partial charge in [-0.2, -0.15) is 0 Å². The van der Waals surface area contributed by atoms with E-state index in [1.807, 2.05) is 30.3 Å². The van der Waals surface area contributed by atoms with E-state index in [0.29, 0.717) is 5.92 Å². The van der Waals surface area contributed by atoms with Gasteiger partial charge in [0.1, 0.15) is 5.83 Å². The molecule has 0 N–H and O–H groups in total. The molecule has 0 nitrogen and oxygen atoms in total. The molecular weight excluding hydrogens is 175 g/mol. The minimum Gasteiger partial charge on any atom is -0.206 e. The number of allylic oxidation sites excluding steroid dienone is 3. The molecule has 0 saturated carbocycles. The largest absolute Gasteiger partial charge is 0.206 e. The van der Waals surface area contributed by atoms with Crippen LogP contribution < -0.4 is 0 Å². The average molecular weight is 186 g/mol. The van der Waals surface area contributed by atoms with Crippen molar-refractivity contribution in [2.24, 2.45) is 5.92 Å². The highest BCUT2D eigenvalue weighted by Crippen LogP contribution is 2.40. The Kier molecular flexibility index (Phi) is 1.60. The van der Waals surface area contributed by atoms with Gasteiger partial charge in [-0.1, -0.05) is 36.4 Å². The van der Waals surface area contributed by atoms with E-state index in [-0.39, 0.29) is 5.83 Å². The first kappa shape index (κ1) is 7.98. The molecule has 3 rings (SSSR count). The zero-order valence-corrected chi connectivity index (χ0v) is 7.83. The first-order valence-corrected chi connectivity index (χ1v) is 5.01. The lowest BCUT2D eigenvalue weighted by atomic mass is 9.84. The van der Waals surface area contributed by atoms with E-state index in [9.17, 15) is 4.39 Å². The highest BCUT2D eigenvalue weighted by Gasteiger charge is 2.27. The van der Waals surface area contributed by atoms with Gasteiger partial charge in [-0.15, -0.1) is 0 Å². The van der Waals surface area contributed by atoms with Gasteiger partial charge >= 0.3 is 0 Å². The van der Waals surface area contributed by atoms with E-state index >= 15 is 0 Å². The summed E-state index contributed by atoms with van der Waals surface area (Å²) in [4.78, 5) is 0. The van der Waals surface area contributed by atoms with Crippen LogP contribution in [0, 0.1) is 5.92 Å². The minimum atomic E-state index is -0.00870. The maximum absolute atomic E-state index is 14.0. The van der Waals surface area contributed by atoms with E-state index < -0.39 is 0 Å². The fraction of sp³-hybridized carbons (Fsp3) is 0.231. The van der Waals surface area contributed by atoms with Crippen molar-refractivity contribution in [3.8, 4) is 0 Å². The van der Waals surface area contributed by atoms with E-state index in [1.165, 1.54) is 0 Å². The third-order valence-electron chi connectivity index (χ3n) is 3.13. The molecule has 0 amide bonds. The van der Waals surface area contributed by atoms with Gasteiger partial charge in [0.05, 0.1) is 0 Å². The molecule has 1 unspecified atom stereocenters. The van der Waals surface area contributed by atoms with E-state index in [0.717, 1.165) is 29.5 Å². The SMILES string of the molecule is FC1=C2C=CCC2Cc2ccccc21. The Bertz CT molecular complexity index is 440. The molecule has 0 heterocycles. The molecular formula is C13H11F. The van der Waals surface area contributed by atoms with Crippen molar-refractivity contribution in [3.63, 3.8) is 0 Å². The van der Waals surface area contributed by atoms with Gasteiger partial charge in [-0.05, 0) is 29.9 Å². The number of rotatable bonds is 0. The maximum Gasteiger partial charge on any atom is 0.134 e. The lowest BCUT2D eigenvalue weighted by Crippen LogP contribution is -2.10. The predicted octanol–water partition coefficient (Wildman–Crippen LogP) is 3.50. The van der Waals surface area contributed by atoms with Gasteiger partial charge in [-0.25, -0.2) is 4.39 Å². The molecule has 0 fully saturated rings. The number of hydrogen-bond acceptors (Lipinski definition) is 0. The highest BCUT2D eigenvalue weighted by atomic mass is 19.1. The summed E-state index contributed by atoms with van der Waals surface area (Å²) in [6.07, 6.45) is 6.00. The second-order valence-corrected chi connectivity index (χ2v) is 3.97. The number of fused-ring (bicyclic) bond motifs is 2. The Morgan fingerprint density at radius 2 is 2.07 bits per heavy atom. The molecule has 14 heavy (non-hydrogen) atoms. The summed E-state index contributed by atoms with van der Waals surface area (Å²) < 4.78 is 14.0.